The summed E-state index contributed by atoms with van der Waals surface area (Å²) in [6.07, 6.45) is 0.745. The lowest BCUT2D eigenvalue weighted by Gasteiger charge is -2.30. The van der Waals surface area contributed by atoms with E-state index in [4.69, 9.17) is 5.73 Å². The Morgan fingerprint density at radius 3 is 2.32 bits per heavy atom. The Bertz CT molecular complexity index is 396. The van der Waals surface area contributed by atoms with Crippen LogP contribution in [-0.2, 0) is 4.79 Å². The molecule has 2 unspecified atom stereocenters. The monoisotopic (exact) mass is 262 g/mol. The number of nitrogens with two attached hydrogens (primary N) is 1. The molecule has 19 heavy (non-hydrogen) atoms. The summed E-state index contributed by atoms with van der Waals surface area (Å²) in [4.78, 5) is 12.4. The Hall–Kier alpha value is -1.35. The van der Waals surface area contributed by atoms with Crippen LogP contribution in [0.25, 0.3) is 0 Å². The Morgan fingerprint density at radius 1 is 1.32 bits per heavy atom. The minimum absolute atomic E-state index is 0.0334. The topological polar surface area (TPSA) is 55.1 Å². The third-order valence-corrected chi connectivity index (χ3v) is 3.89. The molecule has 1 aromatic carbocycles. The number of nitrogens with one attached hydrogen (secondary N) is 1. The number of carbonyl (C=O) groups is 1. The lowest BCUT2D eigenvalue weighted by molar-refractivity contribution is -0.131. The zero-order chi connectivity index (χ0) is 14.5. The van der Waals surface area contributed by atoms with Crippen LogP contribution in [0.2, 0.25) is 0 Å². The van der Waals surface area contributed by atoms with Gasteiger partial charge in [-0.3, -0.25) is 4.79 Å². The van der Waals surface area contributed by atoms with Crippen LogP contribution >= 0.6 is 0 Å². The number of amides is 1. The minimum atomic E-state index is -0.484. The molecule has 3 nitrogen and oxygen atoms in total. The summed E-state index contributed by atoms with van der Waals surface area (Å²) in [6, 6.07) is 10.1. The number of hydrogen-bond donors (Lipinski definition) is 2. The maximum absolute atomic E-state index is 12.4. The molecule has 3 N–H and O–H groups in total. The molecule has 3 heteroatoms. The third-order valence-electron chi connectivity index (χ3n) is 3.89. The first-order chi connectivity index (χ1) is 8.94. The van der Waals surface area contributed by atoms with E-state index in [1.807, 2.05) is 32.0 Å². The van der Waals surface area contributed by atoms with Crippen LogP contribution in [0.1, 0.15) is 45.7 Å². The molecule has 0 fully saturated rings. The molecule has 2 atom stereocenters. The normalized spacial score (nSPS) is 15.9. The molecule has 0 heterocycles. The van der Waals surface area contributed by atoms with Gasteiger partial charge in [0.2, 0.25) is 5.91 Å². The average Bonchev–Trinajstić information content (AvgIpc) is 2.44. The molecule has 0 aliphatic rings. The van der Waals surface area contributed by atoms with Gasteiger partial charge in [0, 0.05) is 6.54 Å². The molecule has 106 valence electrons. The van der Waals surface area contributed by atoms with Crippen LogP contribution in [0.15, 0.2) is 30.3 Å². The van der Waals surface area contributed by atoms with Crippen LogP contribution < -0.4 is 11.1 Å². The van der Waals surface area contributed by atoms with Gasteiger partial charge >= 0.3 is 0 Å². The summed E-state index contributed by atoms with van der Waals surface area (Å²) < 4.78 is 0. The van der Waals surface area contributed by atoms with E-state index < -0.39 is 5.41 Å². The summed E-state index contributed by atoms with van der Waals surface area (Å²) in [5, 5.41) is 3.16. The fourth-order valence-electron chi connectivity index (χ4n) is 2.01. The van der Waals surface area contributed by atoms with Crippen molar-refractivity contribution in [3.05, 3.63) is 35.9 Å². The van der Waals surface area contributed by atoms with E-state index in [0.29, 0.717) is 12.5 Å². The van der Waals surface area contributed by atoms with Gasteiger partial charge in [0.1, 0.15) is 0 Å². The Balaban J connectivity index is 2.89. The van der Waals surface area contributed by atoms with E-state index in [-0.39, 0.29) is 11.9 Å². The van der Waals surface area contributed by atoms with Crippen molar-refractivity contribution in [3.63, 3.8) is 0 Å². The van der Waals surface area contributed by atoms with E-state index in [2.05, 4.69) is 31.3 Å². The summed E-state index contributed by atoms with van der Waals surface area (Å²) >= 11 is 0. The van der Waals surface area contributed by atoms with Gasteiger partial charge in [-0.1, -0.05) is 51.1 Å². The number of carbonyl (C=O) groups excluding carboxylic acids is 1. The first-order valence-corrected chi connectivity index (χ1v) is 7.00. The van der Waals surface area contributed by atoms with Gasteiger partial charge in [-0.2, -0.15) is 0 Å². The van der Waals surface area contributed by atoms with Crippen molar-refractivity contribution in [2.45, 2.75) is 40.2 Å². The second-order valence-electron chi connectivity index (χ2n) is 5.72. The third kappa shape index (κ3) is 3.80. The zero-order valence-electron chi connectivity index (χ0n) is 12.4. The van der Waals surface area contributed by atoms with Crippen molar-refractivity contribution >= 4 is 5.91 Å². The number of hydrogen-bond acceptors (Lipinski definition) is 2. The molecule has 0 spiro atoms. The Labute approximate surface area is 116 Å². The lowest BCUT2D eigenvalue weighted by atomic mass is 9.85. The average molecular weight is 262 g/mol. The van der Waals surface area contributed by atoms with Crippen LogP contribution in [-0.4, -0.2) is 12.5 Å². The minimum Gasteiger partial charge on any atom is -0.349 e. The highest BCUT2D eigenvalue weighted by Crippen LogP contribution is 2.25. The van der Waals surface area contributed by atoms with Gasteiger partial charge in [-0.25, -0.2) is 0 Å². The molecule has 0 bridgehead atoms. The Morgan fingerprint density at radius 2 is 1.89 bits per heavy atom. The largest absolute Gasteiger partial charge is 0.349 e. The summed E-state index contributed by atoms with van der Waals surface area (Å²) in [7, 11) is 0. The number of rotatable bonds is 6. The van der Waals surface area contributed by atoms with Gasteiger partial charge in [-0.15, -0.1) is 0 Å². The van der Waals surface area contributed by atoms with E-state index in [1.54, 1.807) is 0 Å². The first-order valence-electron chi connectivity index (χ1n) is 7.00. The van der Waals surface area contributed by atoms with Crippen LogP contribution in [0.3, 0.4) is 0 Å². The maximum Gasteiger partial charge on any atom is 0.227 e. The van der Waals surface area contributed by atoms with E-state index in [1.165, 1.54) is 0 Å². The second kappa shape index (κ2) is 6.71. The summed E-state index contributed by atoms with van der Waals surface area (Å²) in [6.45, 7) is 8.52. The lowest BCUT2D eigenvalue weighted by Crippen LogP contribution is -2.45. The SMILES string of the molecule is CCC(C)(CN)C(=O)NC(c1ccccc1)C(C)C. The maximum atomic E-state index is 12.4. The molecule has 1 amide bonds. The van der Waals surface area contributed by atoms with Gasteiger partial charge in [0.05, 0.1) is 11.5 Å². The highest BCUT2D eigenvalue weighted by atomic mass is 16.2. The second-order valence-corrected chi connectivity index (χ2v) is 5.72. The first kappa shape index (κ1) is 15.7. The molecule has 0 radical (unpaired) electrons. The van der Waals surface area contributed by atoms with Gasteiger partial charge in [-0.05, 0) is 24.8 Å². The van der Waals surface area contributed by atoms with Crippen molar-refractivity contribution in [2.75, 3.05) is 6.54 Å². The van der Waals surface area contributed by atoms with Crippen molar-refractivity contribution in [1.82, 2.24) is 5.32 Å². The van der Waals surface area contributed by atoms with E-state index >= 15 is 0 Å². The highest BCUT2D eigenvalue weighted by molar-refractivity contribution is 5.82. The molecular formula is C16H26N2O. The summed E-state index contributed by atoms with van der Waals surface area (Å²) in [5.41, 5.74) is 6.40. The number of benzene rings is 1. The molecule has 0 saturated carbocycles. The summed E-state index contributed by atoms with van der Waals surface area (Å²) in [5.74, 6) is 0.380. The molecule has 1 rings (SSSR count). The van der Waals surface area contributed by atoms with E-state index in [0.717, 1.165) is 12.0 Å². The standard InChI is InChI=1S/C16H26N2O/c1-5-16(4,11-17)15(19)18-14(12(2)3)13-9-7-6-8-10-13/h6-10,12,14H,5,11,17H2,1-4H3,(H,18,19). The van der Waals surface area contributed by atoms with Gasteiger partial charge in [0.25, 0.3) is 0 Å². The molecule has 1 aromatic rings. The molecule has 0 saturated heterocycles. The van der Waals surface area contributed by atoms with Crippen LogP contribution in [0.4, 0.5) is 0 Å². The van der Waals surface area contributed by atoms with Crippen LogP contribution in [0, 0.1) is 11.3 Å². The van der Waals surface area contributed by atoms with Gasteiger partial charge < -0.3 is 11.1 Å². The van der Waals surface area contributed by atoms with Crippen molar-refractivity contribution < 1.29 is 4.79 Å². The van der Waals surface area contributed by atoms with Gasteiger partial charge in [0.15, 0.2) is 0 Å². The smallest absolute Gasteiger partial charge is 0.227 e. The quantitative estimate of drug-likeness (QED) is 0.828. The van der Waals surface area contributed by atoms with E-state index in [9.17, 15) is 4.79 Å². The fourth-order valence-corrected chi connectivity index (χ4v) is 2.01. The molecular weight excluding hydrogens is 236 g/mol. The van der Waals surface area contributed by atoms with Crippen molar-refractivity contribution in [3.8, 4) is 0 Å². The van der Waals surface area contributed by atoms with Crippen LogP contribution in [0.5, 0.6) is 0 Å². The molecule has 0 aliphatic carbocycles. The zero-order valence-corrected chi connectivity index (χ0v) is 12.4. The fraction of sp³-hybridized carbons (Fsp3) is 0.562. The predicted molar refractivity (Wildman–Crippen MR) is 79.6 cm³/mol. The van der Waals surface area contributed by atoms with Crippen molar-refractivity contribution in [1.29, 1.82) is 0 Å². The van der Waals surface area contributed by atoms with Crippen molar-refractivity contribution in [2.24, 2.45) is 17.1 Å². The predicted octanol–water partition coefficient (Wildman–Crippen LogP) is 2.87. The Kier molecular flexibility index (Phi) is 5.55. The molecule has 0 aromatic heterocycles. The highest BCUT2D eigenvalue weighted by Gasteiger charge is 2.32. The molecule has 0 aliphatic heterocycles.